The van der Waals surface area contributed by atoms with E-state index in [0.717, 1.165) is 31.2 Å². The maximum absolute atomic E-state index is 13.5. The van der Waals surface area contributed by atoms with Gasteiger partial charge in [-0.3, -0.25) is 9.59 Å². The van der Waals surface area contributed by atoms with Gasteiger partial charge < -0.3 is 16.0 Å². The Morgan fingerprint density at radius 3 is 2.50 bits per heavy atom. The van der Waals surface area contributed by atoms with Gasteiger partial charge in [-0.05, 0) is 54.6 Å². The second-order valence-corrected chi connectivity index (χ2v) is 9.52. The smallest absolute Gasteiger partial charge is 0.255 e. The molecule has 0 aliphatic heterocycles. The molecule has 3 rings (SSSR count). The summed E-state index contributed by atoms with van der Waals surface area (Å²) in [5, 5.41) is 2.89. The molecule has 0 unspecified atom stereocenters. The van der Waals surface area contributed by atoms with Crippen LogP contribution in [0.5, 0.6) is 0 Å². The van der Waals surface area contributed by atoms with Crippen LogP contribution < -0.4 is 11.1 Å². The maximum Gasteiger partial charge on any atom is 0.255 e. The molecule has 0 radical (unpaired) electrons. The van der Waals surface area contributed by atoms with Crippen LogP contribution in [0.3, 0.4) is 0 Å². The van der Waals surface area contributed by atoms with Crippen molar-refractivity contribution in [1.29, 1.82) is 0 Å². The van der Waals surface area contributed by atoms with Crippen LogP contribution in [0.1, 0.15) is 61.9 Å². The zero-order valence-corrected chi connectivity index (χ0v) is 19.1. The van der Waals surface area contributed by atoms with Gasteiger partial charge in [0.2, 0.25) is 5.91 Å². The van der Waals surface area contributed by atoms with Crippen molar-refractivity contribution in [2.75, 3.05) is 18.4 Å². The summed E-state index contributed by atoms with van der Waals surface area (Å²) in [6.07, 6.45) is 5.22. The number of anilines is 1. The van der Waals surface area contributed by atoms with Crippen molar-refractivity contribution in [2.45, 2.75) is 52.5 Å². The molecule has 3 N–H and O–H groups in total. The minimum absolute atomic E-state index is 0.0476. The Bertz CT molecular complexity index is 938. The average molecular weight is 440 g/mol. The predicted octanol–water partition coefficient (Wildman–Crippen LogP) is 4.97. The molecule has 0 aromatic heterocycles. The molecule has 0 spiro atoms. The van der Waals surface area contributed by atoms with E-state index in [0.29, 0.717) is 25.3 Å². The monoisotopic (exact) mass is 439 g/mol. The summed E-state index contributed by atoms with van der Waals surface area (Å²) in [4.78, 5) is 28.0. The van der Waals surface area contributed by atoms with Gasteiger partial charge in [0.1, 0.15) is 5.82 Å². The highest BCUT2D eigenvalue weighted by molar-refractivity contribution is 6.04. The number of carbonyl (C=O) groups excluding carboxylic acids is 2. The first-order valence-corrected chi connectivity index (χ1v) is 11.4. The second-order valence-electron chi connectivity index (χ2n) is 9.52. The fraction of sp³-hybridized carbons (Fsp3) is 0.462. The minimum atomic E-state index is -0.459. The highest BCUT2D eigenvalue weighted by Gasteiger charge is 2.30. The van der Waals surface area contributed by atoms with Crippen LogP contribution in [0.4, 0.5) is 10.1 Å². The molecule has 1 fully saturated rings. The van der Waals surface area contributed by atoms with E-state index in [2.05, 4.69) is 19.2 Å². The SMILES string of the molecule is CC(C)(CN)CN(Cc1ccccc1NC(=O)c1cccc(F)c1)C(=O)C1CCCCC1. The van der Waals surface area contributed by atoms with Gasteiger partial charge >= 0.3 is 0 Å². The third-order valence-corrected chi connectivity index (χ3v) is 6.15. The zero-order chi connectivity index (χ0) is 23.1. The third kappa shape index (κ3) is 6.39. The van der Waals surface area contributed by atoms with Gasteiger partial charge in [0, 0.05) is 30.3 Å². The topological polar surface area (TPSA) is 75.4 Å². The van der Waals surface area contributed by atoms with Crippen molar-refractivity contribution in [3.8, 4) is 0 Å². The fourth-order valence-electron chi connectivity index (χ4n) is 4.21. The summed E-state index contributed by atoms with van der Waals surface area (Å²) < 4.78 is 13.5. The number of carbonyl (C=O) groups is 2. The van der Waals surface area contributed by atoms with Crippen molar-refractivity contribution in [3.05, 3.63) is 65.5 Å². The second kappa shape index (κ2) is 10.7. The minimum Gasteiger partial charge on any atom is -0.337 e. The van der Waals surface area contributed by atoms with E-state index >= 15 is 0 Å². The van der Waals surface area contributed by atoms with Gasteiger partial charge in [-0.2, -0.15) is 0 Å². The number of hydrogen-bond acceptors (Lipinski definition) is 3. The van der Waals surface area contributed by atoms with Gasteiger partial charge in [-0.1, -0.05) is 57.4 Å². The molecule has 172 valence electrons. The summed E-state index contributed by atoms with van der Waals surface area (Å²) in [5.74, 6) is -0.632. The predicted molar refractivity (Wildman–Crippen MR) is 126 cm³/mol. The van der Waals surface area contributed by atoms with E-state index in [1.54, 1.807) is 6.07 Å². The zero-order valence-electron chi connectivity index (χ0n) is 19.1. The molecule has 0 saturated heterocycles. The van der Waals surface area contributed by atoms with Crippen LogP contribution >= 0.6 is 0 Å². The summed E-state index contributed by atoms with van der Waals surface area (Å²) in [7, 11) is 0. The Morgan fingerprint density at radius 2 is 1.81 bits per heavy atom. The van der Waals surface area contributed by atoms with Crippen molar-refractivity contribution in [2.24, 2.45) is 17.1 Å². The van der Waals surface area contributed by atoms with Crippen LogP contribution in [-0.4, -0.2) is 29.8 Å². The number of rotatable bonds is 8. The molecule has 0 bridgehead atoms. The lowest BCUT2D eigenvalue weighted by Gasteiger charge is -2.35. The van der Waals surface area contributed by atoms with E-state index in [9.17, 15) is 14.0 Å². The first kappa shape index (κ1) is 23.9. The standard InChI is InChI=1S/C26H34FN3O2/c1-26(2,17-28)18-30(25(32)19-9-4-3-5-10-19)16-21-11-6-7-14-23(21)29-24(31)20-12-8-13-22(27)15-20/h6-8,11-15,19H,3-5,9-10,16-18,28H2,1-2H3,(H,29,31). The number of nitrogens with one attached hydrogen (secondary N) is 1. The Labute approximate surface area is 190 Å². The average Bonchev–Trinajstić information content (AvgIpc) is 2.80. The van der Waals surface area contributed by atoms with Crippen molar-refractivity contribution in [3.63, 3.8) is 0 Å². The van der Waals surface area contributed by atoms with E-state index < -0.39 is 5.82 Å². The molecular weight excluding hydrogens is 405 g/mol. The molecule has 2 amide bonds. The molecule has 0 heterocycles. The number of halogens is 1. The first-order chi connectivity index (χ1) is 15.3. The van der Waals surface area contributed by atoms with Crippen LogP contribution in [0.15, 0.2) is 48.5 Å². The van der Waals surface area contributed by atoms with Gasteiger partial charge in [0.25, 0.3) is 5.91 Å². The van der Waals surface area contributed by atoms with E-state index in [4.69, 9.17) is 5.73 Å². The Morgan fingerprint density at radius 1 is 1.09 bits per heavy atom. The molecule has 1 aliphatic rings. The lowest BCUT2D eigenvalue weighted by molar-refractivity contribution is -0.138. The van der Waals surface area contributed by atoms with Gasteiger partial charge in [0.05, 0.1) is 0 Å². The van der Waals surface area contributed by atoms with Gasteiger partial charge in [-0.15, -0.1) is 0 Å². The van der Waals surface area contributed by atoms with Crippen molar-refractivity contribution < 1.29 is 14.0 Å². The summed E-state index contributed by atoms with van der Waals surface area (Å²) in [5.41, 5.74) is 7.47. The summed E-state index contributed by atoms with van der Waals surface area (Å²) in [6, 6.07) is 13.0. The van der Waals surface area contributed by atoms with Crippen LogP contribution in [0.2, 0.25) is 0 Å². The molecular formula is C26H34FN3O2. The number of nitrogens with two attached hydrogens (primary N) is 1. The molecule has 1 saturated carbocycles. The van der Waals surface area contributed by atoms with Crippen LogP contribution in [-0.2, 0) is 11.3 Å². The summed E-state index contributed by atoms with van der Waals surface area (Å²) in [6.45, 7) is 5.53. The van der Waals surface area contributed by atoms with Crippen molar-refractivity contribution in [1.82, 2.24) is 4.90 Å². The quantitative estimate of drug-likeness (QED) is 0.610. The number of para-hydroxylation sites is 1. The largest absolute Gasteiger partial charge is 0.337 e. The number of hydrogen-bond donors (Lipinski definition) is 2. The van der Waals surface area contributed by atoms with Crippen LogP contribution in [0, 0.1) is 17.2 Å². The fourth-order valence-corrected chi connectivity index (χ4v) is 4.21. The molecule has 32 heavy (non-hydrogen) atoms. The van der Waals surface area contributed by atoms with E-state index in [-0.39, 0.29) is 28.7 Å². The van der Waals surface area contributed by atoms with Gasteiger partial charge in [0.15, 0.2) is 0 Å². The lowest BCUT2D eigenvalue weighted by Crippen LogP contribution is -2.44. The summed E-state index contributed by atoms with van der Waals surface area (Å²) >= 11 is 0. The highest BCUT2D eigenvalue weighted by atomic mass is 19.1. The molecule has 6 heteroatoms. The molecule has 5 nitrogen and oxygen atoms in total. The van der Waals surface area contributed by atoms with Crippen molar-refractivity contribution >= 4 is 17.5 Å². The van der Waals surface area contributed by atoms with E-state index in [1.807, 2.05) is 29.2 Å². The Balaban J connectivity index is 1.82. The van der Waals surface area contributed by atoms with Gasteiger partial charge in [-0.25, -0.2) is 4.39 Å². The number of benzene rings is 2. The Kier molecular flexibility index (Phi) is 8.02. The van der Waals surface area contributed by atoms with Crippen LogP contribution in [0.25, 0.3) is 0 Å². The molecule has 2 aromatic rings. The normalized spacial score (nSPS) is 14.8. The maximum atomic E-state index is 13.5. The highest BCUT2D eigenvalue weighted by Crippen LogP contribution is 2.29. The molecule has 0 atom stereocenters. The lowest BCUT2D eigenvalue weighted by atomic mass is 9.86. The number of nitrogens with zero attached hydrogens (tertiary/aromatic N) is 1. The van der Waals surface area contributed by atoms with E-state index in [1.165, 1.54) is 24.6 Å². The molecule has 1 aliphatic carbocycles. The first-order valence-electron chi connectivity index (χ1n) is 11.4. The number of amides is 2. The molecule has 2 aromatic carbocycles. The third-order valence-electron chi connectivity index (χ3n) is 6.15. The Hall–Kier alpha value is -2.73.